The minimum absolute atomic E-state index is 0.0723. The highest BCUT2D eigenvalue weighted by Crippen LogP contribution is 2.20. The van der Waals surface area contributed by atoms with E-state index in [1.807, 2.05) is 20.8 Å². The molecule has 1 aromatic heterocycles. The molecule has 0 saturated heterocycles. The van der Waals surface area contributed by atoms with Gasteiger partial charge < -0.3 is 20.3 Å². The van der Waals surface area contributed by atoms with Crippen molar-refractivity contribution in [3.8, 4) is 5.75 Å². The first-order valence-electron chi connectivity index (χ1n) is 6.68. The lowest BCUT2D eigenvalue weighted by Gasteiger charge is -2.14. The molecule has 0 fully saturated rings. The molecule has 2 aromatic rings. The van der Waals surface area contributed by atoms with Crippen LogP contribution >= 0.6 is 0 Å². The SMILES string of the molecule is Cc1noc(C)c1C(C)NC(=O)COc1cccc(N)c1. The minimum Gasteiger partial charge on any atom is -0.484 e. The van der Waals surface area contributed by atoms with E-state index in [2.05, 4.69) is 10.5 Å². The Labute approximate surface area is 123 Å². The van der Waals surface area contributed by atoms with E-state index in [4.69, 9.17) is 15.0 Å². The van der Waals surface area contributed by atoms with Crippen molar-refractivity contribution in [3.63, 3.8) is 0 Å². The zero-order valence-electron chi connectivity index (χ0n) is 12.3. The summed E-state index contributed by atoms with van der Waals surface area (Å²) in [5, 5.41) is 6.73. The van der Waals surface area contributed by atoms with Crippen LogP contribution in [0.2, 0.25) is 0 Å². The number of carbonyl (C=O) groups is 1. The Morgan fingerprint density at radius 2 is 2.24 bits per heavy atom. The number of benzene rings is 1. The van der Waals surface area contributed by atoms with E-state index >= 15 is 0 Å². The van der Waals surface area contributed by atoms with Crippen molar-refractivity contribution in [2.75, 3.05) is 12.3 Å². The Hall–Kier alpha value is -2.50. The van der Waals surface area contributed by atoms with Crippen LogP contribution in [-0.4, -0.2) is 17.7 Å². The first-order chi connectivity index (χ1) is 9.97. The van der Waals surface area contributed by atoms with Crippen LogP contribution in [0.5, 0.6) is 5.75 Å². The average Bonchev–Trinajstić information content (AvgIpc) is 2.76. The van der Waals surface area contributed by atoms with Gasteiger partial charge in [0.1, 0.15) is 11.5 Å². The molecule has 2 rings (SSSR count). The van der Waals surface area contributed by atoms with E-state index in [9.17, 15) is 4.79 Å². The van der Waals surface area contributed by atoms with Crippen LogP contribution in [0.25, 0.3) is 0 Å². The number of aromatic nitrogens is 1. The quantitative estimate of drug-likeness (QED) is 0.823. The third-order valence-corrected chi connectivity index (χ3v) is 3.13. The van der Waals surface area contributed by atoms with Gasteiger partial charge in [0.05, 0.1) is 11.7 Å². The van der Waals surface area contributed by atoms with E-state index in [1.54, 1.807) is 24.3 Å². The molecule has 0 aliphatic carbocycles. The lowest BCUT2D eigenvalue weighted by Crippen LogP contribution is -2.31. The van der Waals surface area contributed by atoms with Crippen molar-refractivity contribution >= 4 is 11.6 Å². The molecule has 6 heteroatoms. The zero-order chi connectivity index (χ0) is 15.4. The molecule has 1 unspecified atom stereocenters. The summed E-state index contributed by atoms with van der Waals surface area (Å²) in [6, 6.07) is 6.77. The molecule has 0 aliphatic rings. The highest BCUT2D eigenvalue weighted by Gasteiger charge is 2.18. The summed E-state index contributed by atoms with van der Waals surface area (Å²) in [7, 11) is 0. The maximum atomic E-state index is 11.9. The van der Waals surface area contributed by atoms with Gasteiger partial charge in [0.15, 0.2) is 6.61 Å². The number of nitrogens with one attached hydrogen (secondary N) is 1. The molecule has 0 radical (unpaired) electrons. The van der Waals surface area contributed by atoms with Crippen molar-refractivity contribution < 1.29 is 14.1 Å². The molecule has 1 atom stereocenters. The van der Waals surface area contributed by atoms with Crippen LogP contribution in [0.1, 0.15) is 30.0 Å². The topological polar surface area (TPSA) is 90.4 Å². The summed E-state index contributed by atoms with van der Waals surface area (Å²) >= 11 is 0. The molecular formula is C15H19N3O3. The second-order valence-corrected chi connectivity index (χ2v) is 4.89. The van der Waals surface area contributed by atoms with Crippen molar-refractivity contribution in [1.29, 1.82) is 0 Å². The molecule has 0 bridgehead atoms. The fourth-order valence-corrected chi connectivity index (χ4v) is 2.22. The summed E-state index contributed by atoms with van der Waals surface area (Å²) in [4.78, 5) is 11.9. The van der Waals surface area contributed by atoms with Crippen molar-refractivity contribution in [2.24, 2.45) is 0 Å². The van der Waals surface area contributed by atoms with Gasteiger partial charge in [0, 0.05) is 17.3 Å². The highest BCUT2D eigenvalue weighted by atomic mass is 16.5. The lowest BCUT2D eigenvalue weighted by molar-refractivity contribution is -0.123. The van der Waals surface area contributed by atoms with Gasteiger partial charge in [-0.3, -0.25) is 4.79 Å². The van der Waals surface area contributed by atoms with Gasteiger partial charge >= 0.3 is 0 Å². The largest absolute Gasteiger partial charge is 0.484 e. The Balaban J connectivity index is 1.90. The smallest absolute Gasteiger partial charge is 0.258 e. The fourth-order valence-electron chi connectivity index (χ4n) is 2.22. The number of aryl methyl sites for hydroxylation is 2. The maximum Gasteiger partial charge on any atom is 0.258 e. The fraction of sp³-hybridized carbons (Fsp3) is 0.333. The van der Waals surface area contributed by atoms with Crippen LogP contribution in [0.4, 0.5) is 5.69 Å². The highest BCUT2D eigenvalue weighted by molar-refractivity contribution is 5.78. The first-order valence-corrected chi connectivity index (χ1v) is 6.68. The van der Waals surface area contributed by atoms with Crippen molar-refractivity contribution in [1.82, 2.24) is 10.5 Å². The summed E-state index contributed by atoms with van der Waals surface area (Å²) in [6.45, 7) is 5.47. The minimum atomic E-state index is -0.218. The third-order valence-electron chi connectivity index (χ3n) is 3.13. The Morgan fingerprint density at radius 3 is 2.86 bits per heavy atom. The summed E-state index contributed by atoms with van der Waals surface area (Å²) in [5.41, 5.74) is 7.91. The van der Waals surface area contributed by atoms with Gasteiger partial charge in [-0.05, 0) is 32.9 Å². The molecule has 1 heterocycles. The molecule has 1 amide bonds. The van der Waals surface area contributed by atoms with Gasteiger partial charge in [-0.25, -0.2) is 0 Å². The second-order valence-electron chi connectivity index (χ2n) is 4.89. The van der Waals surface area contributed by atoms with Crippen molar-refractivity contribution in [3.05, 3.63) is 41.3 Å². The summed E-state index contributed by atoms with van der Waals surface area (Å²) < 4.78 is 10.5. The molecule has 0 spiro atoms. The molecule has 0 aliphatic heterocycles. The molecule has 6 nitrogen and oxygen atoms in total. The number of hydrogen-bond donors (Lipinski definition) is 2. The number of nitrogens with two attached hydrogens (primary N) is 1. The molecule has 3 N–H and O–H groups in total. The maximum absolute atomic E-state index is 11.9. The Kier molecular flexibility index (Phi) is 4.47. The summed E-state index contributed by atoms with van der Waals surface area (Å²) in [5.74, 6) is 1.05. The average molecular weight is 289 g/mol. The van der Waals surface area contributed by atoms with Crippen LogP contribution in [0.15, 0.2) is 28.8 Å². The van der Waals surface area contributed by atoms with Gasteiger partial charge in [0.2, 0.25) is 0 Å². The van der Waals surface area contributed by atoms with E-state index in [1.165, 1.54) is 0 Å². The van der Waals surface area contributed by atoms with Crippen LogP contribution < -0.4 is 15.8 Å². The number of amides is 1. The number of rotatable bonds is 5. The molecule has 21 heavy (non-hydrogen) atoms. The zero-order valence-corrected chi connectivity index (χ0v) is 12.3. The van der Waals surface area contributed by atoms with E-state index < -0.39 is 0 Å². The predicted octanol–water partition coefficient (Wildman–Crippen LogP) is 2.13. The standard InChI is InChI=1S/C15H19N3O3/c1-9(15-10(2)18-21-11(15)3)17-14(19)8-20-13-6-4-5-12(16)7-13/h4-7,9H,8,16H2,1-3H3,(H,17,19). The van der Waals surface area contributed by atoms with Crippen LogP contribution in [-0.2, 0) is 4.79 Å². The normalized spacial score (nSPS) is 12.0. The Bertz CT molecular complexity index is 617. The van der Waals surface area contributed by atoms with Gasteiger partial charge in [-0.1, -0.05) is 11.2 Å². The van der Waals surface area contributed by atoms with E-state index in [0.29, 0.717) is 17.2 Å². The Morgan fingerprint density at radius 1 is 1.48 bits per heavy atom. The second kappa shape index (κ2) is 6.30. The molecule has 1 aromatic carbocycles. The first kappa shape index (κ1) is 14.9. The van der Waals surface area contributed by atoms with Crippen LogP contribution in [0, 0.1) is 13.8 Å². The van der Waals surface area contributed by atoms with E-state index in [-0.39, 0.29) is 18.6 Å². The predicted molar refractivity (Wildman–Crippen MR) is 78.9 cm³/mol. The molecular weight excluding hydrogens is 270 g/mol. The van der Waals surface area contributed by atoms with Gasteiger partial charge in [-0.15, -0.1) is 0 Å². The number of carbonyl (C=O) groups excluding carboxylic acids is 1. The summed E-state index contributed by atoms with van der Waals surface area (Å²) in [6.07, 6.45) is 0. The van der Waals surface area contributed by atoms with Crippen molar-refractivity contribution in [2.45, 2.75) is 26.8 Å². The lowest BCUT2D eigenvalue weighted by atomic mass is 10.1. The van der Waals surface area contributed by atoms with Crippen LogP contribution in [0.3, 0.4) is 0 Å². The number of hydrogen-bond acceptors (Lipinski definition) is 5. The number of ether oxygens (including phenoxy) is 1. The van der Waals surface area contributed by atoms with Gasteiger partial charge in [-0.2, -0.15) is 0 Å². The number of nitrogen functional groups attached to an aromatic ring is 1. The molecule has 112 valence electrons. The monoisotopic (exact) mass is 289 g/mol. The third kappa shape index (κ3) is 3.75. The number of nitrogens with zero attached hydrogens (tertiary/aromatic N) is 1. The van der Waals surface area contributed by atoms with Gasteiger partial charge in [0.25, 0.3) is 5.91 Å². The van der Waals surface area contributed by atoms with E-state index in [0.717, 1.165) is 11.3 Å². The number of anilines is 1. The molecule has 0 saturated carbocycles.